The zero-order valence-electron chi connectivity index (χ0n) is 26.5. The summed E-state index contributed by atoms with van der Waals surface area (Å²) in [5.74, 6) is 0. The van der Waals surface area contributed by atoms with Crippen LogP contribution in [0.25, 0.3) is 75.1 Å². The number of anilines is 3. The van der Waals surface area contributed by atoms with E-state index in [4.69, 9.17) is 4.42 Å². The number of hydrogen-bond donors (Lipinski definition) is 0. The first-order valence-electron chi connectivity index (χ1n) is 16.6. The minimum atomic E-state index is 0.876. The molecule has 0 unspecified atom stereocenters. The van der Waals surface area contributed by atoms with Crippen molar-refractivity contribution in [3.05, 3.63) is 176 Å². The van der Waals surface area contributed by atoms with E-state index in [0.29, 0.717) is 0 Å². The SMILES string of the molecule is c1ccc(-c2ccc(N(c3ccc4c(c3)oc3ccccc34)c3cccc4sc5c6ccccc6ccc5c34)cc2-c2ccccc2)cc1. The van der Waals surface area contributed by atoms with Gasteiger partial charge in [0, 0.05) is 48.4 Å². The van der Waals surface area contributed by atoms with Crippen molar-refractivity contribution < 1.29 is 4.42 Å². The first-order chi connectivity index (χ1) is 24.3. The summed E-state index contributed by atoms with van der Waals surface area (Å²) in [6, 6.07) is 63.2. The third-order valence-electron chi connectivity index (χ3n) is 9.66. The van der Waals surface area contributed by atoms with E-state index in [1.54, 1.807) is 0 Å². The molecule has 49 heavy (non-hydrogen) atoms. The summed E-state index contributed by atoms with van der Waals surface area (Å²) in [5, 5.41) is 7.33. The first-order valence-corrected chi connectivity index (χ1v) is 17.4. The Morgan fingerprint density at radius 3 is 1.92 bits per heavy atom. The van der Waals surface area contributed by atoms with Gasteiger partial charge in [0.05, 0.1) is 5.69 Å². The largest absolute Gasteiger partial charge is 0.456 e. The summed E-state index contributed by atoms with van der Waals surface area (Å²) >= 11 is 1.87. The molecule has 0 amide bonds. The molecular formula is C46H29NOS. The monoisotopic (exact) mass is 643 g/mol. The fourth-order valence-electron chi connectivity index (χ4n) is 7.40. The van der Waals surface area contributed by atoms with E-state index in [9.17, 15) is 0 Å². The lowest BCUT2D eigenvalue weighted by Crippen LogP contribution is -2.10. The molecule has 0 N–H and O–H groups in total. The van der Waals surface area contributed by atoms with Crippen LogP contribution < -0.4 is 4.90 Å². The number of fused-ring (bicyclic) bond motifs is 8. The van der Waals surface area contributed by atoms with Gasteiger partial charge in [-0.3, -0.25) is 0 Å². The molecule has 0 aliphatic rings. The van der Waals surface area contributed by atoms with E-state index >= 15 is 0 Å². The maximum Gasteiger partial charge on any atom is 0.137 e. The van der Waals surface area contributed by atoms with Gasteiger partial charge in [-0.2, -0.15) is 0 Å². The van der Waals surface area contributed by atoms with Crippen LogP contribution in [0.15, 0.2) is 180 Å². The van der Waals surface area contributed by atoms with Crippen LogP contribution in [0.2, 0.25) is 0 Å². The Bertz CT molecular complexity index is 2830. The fourth-order valence-corrected chi connectivity index (χ4v) is 8.66. The van der Waals surface area contributed by atoms with Crippen molar-refractivity contribution in [1.82, 2.24) is 0 Å². The second-order valence-electron chi connectivity index (χ2n) is 12.5. The minimum absolute atomic E-state index is 0.876. The molecular weight excluding hydrogens is 615 g/mol. The van der Waals surface area contributed by atoms with Crippen molar-refractivity contribution in [1.29, 1.82) is 0 Å². The molecule has 3 heteroatoms. The summed E-state index contributed by atoms with van der Waals surface area (Å²) < 4.78 is 9.04. The van der Waals surface area contributed by atoms with Gasteiger partial charge in [-0.05, 0) is 75.5 Å². The van der Waals surface area contributed by atoms with Crippen LogP contribution in [-0.2, 0) is 0 Å². The maximum atomic E-state index is 6.45. The smallest absolute Gasteiger partial charge is 0.137 e. The molecule has 2 heterocycles. The molecule has 2 nitrogen and oxygen atoms in total. The van der Waals surface area contributed by atoms with Crippen molar-refractivity contribution >= 4 is 81.3 Å². The number of furan rings is 1. The number of hydrogen-bond acceptors (Lipinski definition) is 3. The number of para-hydroxylation sites is 1. The van der Waals surface area contributed by atoms with Crippen molar-refractivity contribution in [3.8, 4) is 22.3 Å². The standard InChI is InChI=1S/C46H29NOS/c1-3-12-30(13-4-1)35-26-23-33(28-40(35)31-14-5-2-6-15-31)47(34-24-27-38-37-18-9-10-20-42(37)48-43(38)29-34)41-19-11-21-44-45(41)39-25-22-32-16-7-8-17-36(32)46(39)49-44/h1-29H. The molecule has 0 spiro atoms. The third kappa shape index (κ3) is 4.55. The highest BCUT2D eigenvalue weighted by molar-refractivity contribution is 7.26. The molecule has 10 rings (SSSR count). The van der Waals surface area contributed by atoms with Gasteiger partial charge in [0.15, 0.2) is 0 Å². The molecule has 230 valence electrons. The topological polar surface area (TPSA) is 16.4 Å². The van der Waals surface area contributed by atoms with Crippen LogP contribution in [-0.4, -0.2) is 0 Å². The van der Waals surface area contributed by atoms with Gasteiger partial charge >= 0.3 is 0 Å². The predicted molar refractivity (Wildman–Crippen MR) is 210 cm³/mol. The van der Waals surface area contributed by atoms with E-state index in [-0.39, 0.29) is 0 Å². The summed E-state index contributed by atoms with van der Waals surface area (Å²) in [4.78, 5) is 2.41. The predicted octanol–water partition coefficient (Wildman–Crippen LogP) is 13.9. The fraction of sp³-hybridized carbons (Fsp3) is 0. The molecule has 0 atom stereocenters. The number of nitrogens with zero attached hydrogens (tertiary/aromatic N) is 1. The Labute approximate surface area is 287 Å². The first kappa shape index (κ1) is 27.9. The zero-order valence-corrected chi connectivity index (χ0v) is 27.3. The van der Waals surface area contributed by atoms with Crippen LogP contribution in [0.1, 0.15) is 0 Å². The Balaban J connectivity index is 1.27. The van der Waals surface area contributed by atoms with Gasteiger partial charge in [-0.1, -0.05) is 127 Å². The summed E-state index contributed by atoms with van der Waals surface area (Å²) in [5.41, 5.74) is 9.82. The molecule has 2 aromatic heterocycles. The van der Waals surface area contributed by atoms with Crippen molar-refractivity contribution in [2.45, 2.75) is 0 Å². The van der Waals surface area contributed by atoms with Gasteiger partial charge in [-0.15, -0.1) is 11.3 Å². The second-order valence-corrected chi connectivity index (χ2v) is 13.5. The Morgan fingerprint density at radius 2 is 1.08 bits per heavy atom. The van der Waals surface area contributed by atoms with Crippen LogP contribution in [0.4, 0.5) is 17.1 Å². The quantitative estimate of drug-likeness (QED) is 0.186. The van der Waals surface area contributed by atoms with Crippen molar-refractivity contribution in [2.24, 2.45) is 0 Å². The average molecular weight is 644 g/mol. The van der Waals surface area contributed by atoms with Gasteiger partial charge in [0.1, 0.15) is 11.2 Å². The molecule has 0 aliphatic carbocycles. The molecule has 8 aromatic carbocycles. The highest BCUT2D eigenvalue weighted by atomic mass is 32.1. The Kier molecular flexibility index (Phi) is 6.39. The van der Waals surface area contributed by atoms with E-state index < -0.39 is 0 Å². The average Bonchev–Trinajstić information content (AvgIpc) is 3.74. The van der Waals surface area contributed by atoms with Gasteiger partial charge in [0.2, 0.25) is 0 Å². The van der Waals surface area contributed by atoms with Gasteiger partial charge < -0.3 is 9.32 Å². The number of thiophene rings is 1. The molecule has 0 aliphatic heterocycles. The lowest BCUT2D eigenvalue weighted by Gasteiger charge is -2.27. The maximum absolute atomic E-state index is 6.45. The van der Waals surface area contributed by atoms with Crippen LogP contribution in [0, 0.1) is 0 Å². The van der Waals surface area contributed by atoms with Gasteiger partial charge in [-0.25, -0.2) is 0 Å². The highest BCUT2D eigenvalue weighted by Gasteiger charge is 2.22. The molecule has 10 aromatic rings. The summed E-state index contributed by atoms with van der Waals surface area (Å²) in [6.45, 7) is 0. The molecule has 0 fully saturated rings. The van der Waals surface area contributed by atoms with E-state index in [2.05, 4.69) is 169 Å². The lowest BCUT2D eigenvalue weighted by atomic mass is 9.93. The van der Waals surface area contributed by atoms with E-state index in [1.807, 2.05) is 23.5 Å². The number of benzene rings is 8. The molecule has 0 bridgehead atoms. The van der Waals surface area contributed by atoms with E-state index in [1.165, 1.54) is 53.2 Å². The van der Waals surface area contributed by atoms with Crippen LogP contribution in [0.5, 0.6) is 0 Å². The Hall–Kier alpha value is -6.16. The second kappa shape index (κ2) is 11.2. The lowest BCUT2D eigenvalue weighted by molar-refractivity contribution is 0.669. The molecule has 0 saturated carbocycles. The minimum Gasteiger partial charge on any atom is -0.456 e. The highest BCUT2D eigenvalue weighted by Crippen LogP contribution is 2.48. The summed E-state index contributed by atoms with van der Waals surface area (Å²) in [7, 11) is 0. The number of rotatable bonds is 5. The van der Waals surface area contributed by atoms with Crippen LogP contribution >= 0.6 is 11.3 Å². The third-order valence-corrected chi connectivity index (χ3v) is 10.9. The normalized spacial score (nSPS) is 11.7. The van der Waals surface area contributed by atoms with Crippen LogP contribution in [0.3, 0.4) is 0 Å². The zero-order chi connectivity index (χ0) is 32.3. The molecule has 0 saturated heterocycles. The Morgan fingerprint density at radius 1 is 0.429 bits per heavy atom. The van der Waals surface area contributed by atoms with Gasteiger partial charge in [0.25, 0.3) is 0 Å². The summed E-state index contributed by atoms with van der Waals surface area (Å²) in [6.07, 6.45) is 0. The van der Waals surface area contributed by atoms with Crippen molar-refractivity contribution in [3.63, 3.8) is 0 Å². The molecule has 0 radical (unpaired) electrons. The van der Waals surface area contributed by atoms with E-state index in [0.717, 1.165) is 39.0 Å². The van der Waals surface area contributed by atoms with Crippen molar-refractivity contribution in [2.75, 3.05) is 4.90 Å².